The summed E-state index contributed by atoms with van der Waals surface area (Å²) in [5.74, 6) is -0.286. The number of piperidine rings is 1. The van der Waals surface area contributed by atoms with Crippen LogP contribution in [0.4, 0.5) is 0 Å². The van der Waals surface area contributed by atoms with Gasteiger partial charge in [-0.15, -0.1) is 0 Å². The van der Waals surface area contributed by atoms with Gasteiger partial charge in [0.25, 0.3) is 0 Å². The summed E-state index contributed by atoms with van der Waals surface area (Å²) in [5.41, 5.74) is 1.02. The van der Waals surface area contributed by atoms with Crippen LogP contribution in [0.2, 0.25) is 0 Å². The van der Waals surface area contributed by atoms with Crippen LogP contribution in [-0.2, 0) is 14.8 Å². The maximum atomic E-state index is 12.7. The quantitative estimate of drug-likeness (QED) is 0.900. The molecule has 0 unspecified atom stereocenters. The number of amides is 1. The normalized spacial score (nSPS) is 19.8. The van der Waals surface area contributed by atoms with Crippen LogP contribution in [0, 0.1) is 12.8 Å². The second kappa shape index (κ2) is 7.24. The van der Waals surface area contributed by atoms with Crippen LogP contribution in [0.25, 0.3) is 0 Å². The molecule has 1 saturated heterocycles. The van der Waals surface area contributed by atoms with Gasteiger partial charge in [0.1, 0.15) is 0 Å². The van der Waals surface area contributed by atoms with Crippen molar-refractivity contribution in [3.8, 4) is 0 Å². The zero-order chi connectivity index (χ0) is 16.2. The van der Waals surface area contributed by atoms with Gasteiger partial charge in [0.2, 0.25) is 15.9 Å². The lowest BCUT2D eigenvalue weighted by Crippen LogP contribution is -2.45. The Morgan fingerprint density at radius 2 is 2.00 bits per heavy atom. The average Bonchev–Trinajstić information content (AvgIpc) is 2.53. The van der Waals surface area contributed by atoms with E-state index in [1.165, 1.54) is 4.31 Å². The highest BCUT2D eigenvalue weighted by Gasteiger charge is 2.33. The van der Waals surface area contributed by atoms with Crippen LogP contribution in [0.3, 0.4) is 0 Å². The van der Waals surface area contributed by atoms with Crippen LogP contribution < -0.4 is 5.32 Å². The van der Waals surface area contributed by atoms with Crippen LogP contribution in [0.1, 0.15) is 31.7 Å². The third kappa shape index (κ3) is 3.87. The van der Waals surface area contributed by atoms with Crippen molar-refractivity contribution >= 4 is 15.9 Å². The van der Waals surface area contributed by atoms with Gasteiger partial charge in [0, 0.05) is 19.6 Å². The Kier molecular flexibility index (Phi) is 5.58. The van der Waals surface area contributed by atoms with Gasteiger partial charge in [-0.25, -0.2) is 8.42 Å². The van der Waals surface area contributed by atoms with Gasteiger partial charge in [-0.3, -0.25) is 4.79 Å². The van der Waals surface area contributed by atoms with Gasteiger partial charge in [-0.2, -0.15) is 4.31 Å². The van der Waals surface area contributed by atoms with E-state index in [2.05, 4.69) is 5.32 Å². The van der Waals surface area contributed by atoms with Crippen molar-refractivity contribution in [3.05, 3.63) is 29.8 Å². The molecule has 0 radical (unpaired) electrons. The van der Waals surface area contributed by atoms with E-state index in [0.29, 0.717) is 18.0 Å². The zero-order valence-corrected chi connectivity index (χ0v) is 14.0. The minimum absolute atomic E-state index is 0.0364. The maximum absolute atomic E-state index is 12.7. The molecule has 1 aromatic carbocycles. The van der Waals surface area contributed by atoms with Gasteiger partial charge in [0.05, 0.1) is 10.8 Å². The van der Waals surface area contributed by atoms with E-state index in [1.807, 2.05) is 13.8 Å². The largest absolute Gasteiger partial charge is 0.356 e. The second-order valence-electron chi connectivity index (χ2n) is 5.81. The van der Waals surface area contributed by atoms with Crippen LogP contribution in [-0.4, -0.2) is 38.3 Å². The molecule has 1 aliphatic heterocycles. The van der Waals surface area contributed by atoms with Gasteiger partial charge in [0.15, 0.2) is 0 Å². The first-order chi connectivity index (χ1) is 10.4. The van der Waals surface area contributed by atoms with Crippen molar-refractivity contribution in [1.29, 1.82) is 0 Å². The highest BCUT2D eigenvalue weighted by Crippen LogP contribution is 2.24. The molecule has 0 aliphatic carbocycles. The Bertz CT molecular complexity index is 611. The van der Waals surface area contributed by atoms with Crippen LogP contribution >= 0.6 is 0 Å². The summed E-state index contributed by atoms with van der Waals surface area (Å²) in [5, 5.41) is 2.86. The SMILES string of the molecule is CCCNC(=O)[C@H]1CCCN(S(=O)(=O)c2ccc(C)cc2)C1. The Labute approximate surface area is 132 Å². The first-order valence-electron chi connectivity index (χ1n) is 7.79. The molecule has 0 aromatic heterocycles. The molecule has 1 N–H and O–H groups in total. The Hall–Kier alpha value is -1.40. The highest BCUT2D eigenvalue weighted by molar-refractivity contribution is 7.89. The molecule has 122 valence electrons. The second-order valence-corrected chi connectivity index (χ2v) is 7.74. The molecule has 0 saturated carbocycles. The van der Waals surface area contributed by atoms with Crippen molar-refractivity contribution in [2.45, 2.75) is 38.0 Å². The summed E-state index contributed by atoms with van der Waals surface area (Å²) >= 11 is 0. The molecule has 1 fully saturated rings. The van der Waals surface area contributed by atoms with Crippen molar-refractivity contribution in [2.24, 2.45) is 5.92 Å². The van der Waals surface area contributed by atoms with E-state index in [9.17, 15) is 13.2 Å². The van der Waals surface area contributed by atoms with Crippen molar-refractivity contribution in [3.63, 3.8) is 0 Å². The summed E-state index contributed by atoms with van der Waals surface area (Å²) in [6, 6.07) is 6.85. The number of hydrogen-bond donors (Lipinski definition) is 1. The molecule has 6 heteroatoms. The molecule has 1 atom stereocenters. The number of benzene rings is 1. The number of carbonyl (C=O) groups is 1. The number of nitrogens with zero attached hydrogens (tertiary/aromatic N) is 1. The molecule has 22 heavy (non-hydrogen) atoms. The van der Waals surface area contributed by atoms with E-state index in [1.54, 1.807) is 24.3 Å². The van der Waals surface area contributed by atoms with E-state index < -0.39 is 10.0 Å². The fourth-order valence-corrected chi connectivity index (χ4v) is 4.15. The fraction of sp³-hybridized carbons (Fsp3) is 0.562. The molecule has 1 amide bonds. The smallest absolute Gasteiger partial charge is 0.243 e. The van der Waals surface area contributed by atoms with Gasteiger partial charge in [-0.1, -0.05) is 24.6 Å². The average molecular weight is 324 g/mol. The number of sulfonamides is 1. The molecular formula is C16H24N2O3S. The maximum Gasteiger partial charge on any atom is 0.243 e. The predicted molar refractivity (Wildman–Crippen MR) is 86.0 cm³/mol. The van der Waals surface area contributed by atoms with Crippen molar-refractivity contribution in [1.82, 2.24) is 9.62 Å². The van der Waals surface area contributed by atoms with Gasteiger partial charge >= 0.3 is 0 Å². The van der Waals surface area contributed by atoms with E-state index in [-0.39, 0.29) is 18.4 Å². The van der Waals surface area contributed by atoms with E-state index in [4.69, 9.17) is 0 Å². The summed E-state index contributed by atoms with van der Waals surface area (Å²) in [6.07, 6.45) is 2.34. The van der Waals surface area contributed by atoms with E-state index in [0.717, 1.165) is 24.8 Å². The summed E-state index contributed by atoms with van der Waals surface area (Å²) in [6.45, 7) is 5.31. The highest BCUT2D eigenvalue weighted by atomic mass is 32.2. The van der Waals surface area contributed by atoms with Crippen molar-refractivity contribution < 1.29 is 13.2 Å². The molecule has 2 rings (SSSR count). The van der Waals surface area contributed by atoms with Crippen LogP contribution in [0.5, 0.6) is 0 Å². The van der Waals surface area contributed by atoms with Crippen LogP contribution in [0.15, 0.2) is 29.2 Å². The lowest BCUT2D eigenvalue weighted by Gasteiger charge is -2.31. The number of carbonyl (C=O) groups excluding carboxylic acids is 1. The number of rotatable bonds is 5. The number of nitrogens with one attached hydrogen (secondary N) is 1. The number of hydrogen-bond acceptors (Lipinski definition) is 3. The summed E-state index contributed by atoms with van der Waals surface area (Å²) in [7, 11) is -3.51. The lowest BCUT2D eigenvalue weighted by atomic mass is 9.99. The summed E-state index contributed by atoms with van der Waals surface area (Å²) < 4.78 is 26.8. The molecule has 0 spiro atoms. The minimum atomic E-state index is -3.51. The lowest BCUT2D eigenvalue weighted by molar-refractivity contribution is -0.126. The zero-order valence-electron chi connectivity index (χ0n) is 13.2. The molecular weight excluding hydrogens is 300 g/mol. The third-order valence-electron chi connectivity index (χ3n) is 3.96. The minimum Gasteiger partial charge on any atom is -0.356 e. The monoisotopic (exact) mass is 324 g/mol. The topological polar surface area (TPSA) is 66.5 Å². The molecule has 1 aromatic rings. The standard InChI is InChI=1S/C16H24N2O3S/c1-3-10-17-16(19)14-5-4-11-18(12-14)22(20,21)15-8-6-13(2)7-9-15/h6-9,14H,3-5,10-12H2,1-2H3,(H,17,19)/t14-/m0/s1. The first kappa shape index (κ1) is 17.0. The molecule has 1 heterocycles. The van der Waals surface area contributed by atoms with Crippen molar-refractivity contribution in [2.75, 3.05) is 19.6 Å². The Balaban J connectivity index is 2.11. The Morgan fingerprint density at radius 3 is 2.64 bits per heavy atom. The predicted octanol–water partition coefficient (Wildman–Crippen LogP) is 1.92. The molecule has 5 nitrogen and oxygen atoms in total. The summed E-state index contributed by atoms with van der Waals surface area (Å²) in [4.78, 5) is 12.4. The first-order valence-corrected chi connectivity index (χ1v) is 9.23. The third-order valence-corrected chi connectivity index (χ3v) is 5.84. The van der Waals surface area contributed by atoms with E-state index >= 15 is 0 Å². The van der Waals surface area contributed by atoms with Gasteiger partial charge in [-0.05, 0) is 38.3 Å². The fourth-order valence-electron chi connectivity index (χ4n) is 2.63. The number of aryl methyl sites for hydroxylation is 1. The van der Waals surface area contributed by atoms with Gasteiger partial charge < -0.3 is 5.32 Å². The Morgan fingerprint density at radius 1 is 1.32 bits per heavy atom. The molecule has 0 bridgehead atoms. The molecule has 1 aliphatic rings.